The van der Waals surface area contributed by atoms with E-state index in [-0.39, 0.29) is 6.42 Å². The maximum atomic E-state index is 9.46. The molecule has 0 aromatic rings. The van der Waals surface area contributed by atoms with Crippen molar-refractivity contribution >= 4 is 12.6 Å². The van der Waals surface area contributed by atoms with Crippen molar-refractivity contribution in [3.8, 4) is 0 Å². The Bertz CT molecular complexity index is 89.3. The van der Waals surface area contributed by atoms with Crippen LogP contribution in [0.3, 0.4) is 0 Å². The molecule has 0 rings (SSSR count). The first-order valence-electron chi connectivity index (χ1n) is 3.74. The van der Waals surface area contributed by atoms with Crippen LogP contribution in [0.1, 0.15) is 33.1 Å². The van der Waals surface area contributed by atoms with Crippen LogP contribution in [0.4, 0.5) is 0 Å². The predicted molar refractivity (Wildman–Crippen MR) is 43.3 cm³/mol. The van der Waals surface area contributed by atoms with Crippen molar-refractivity contribution in [2.45, 2.75) is 39.2 Å². The summed E-state index contributed by atoms with van der Waals surface area (Å²) in [4.78, 5) is 18.9. The van der Waals surface area contributed by atoms with Gasteiger partial charge in [0.25, 0.3) is 0 Å². The average molecular weight is 160 g/mol. The van der Waals surface area contributed by atoms with E-state index < -0.39 is 6.10 Å². The summed E-state index contributed by atoms with van der Waals surface area (Å²) in [6.07, 6.45) is 3.09. The van der Waals surface area contributed by atoms with Crippen LogP contribution in [-0.4, -0.2) is 23.8 Å². The van der Waals surface area contributed by atoms with E-state index in [0.717, 1.165) is 12.7 Å². The van der Waals surface area contributed by atoms with Crippen LogP contribution in [0.15, 0.2) is 0 Å². The minimum Gasteiger partial charge on any atom is -0.393 e. The Labute approximate surface area is 67.4 Å². The third-order valence-corrected chi connectivity index (χ3v) is 0.844. The van der Waals surface area contributed by atoms with Gasteiger partial charge in [-0.05, 0) is 13.3 Å². The predicted octanol–water partition coefficient (Wildman–Crippen LogP) is 0.942. The second-order valence-electron chi connectivity index (χ2n) is 2.21. The molecular formula is C8H16O3. The fourth-order valence-corrected chi connectivity index (χ4v) is 0.257. The highest BCUT2D eigenvalue weighted by Crippen LogP contribution is 1.80. The van der Waals surface area contributed by atoms with E-state index >= 15 is 0 Å². The molecule has 0 aliphatic carbocycles. The van der Waals surface area contributed by atoms with Gasteiger partial charge in [-0.15, -0.1) is 0 Å². The molecular weight excluding hydrogens is 144 g/mol. The molecule has 0 aliphatic rings. The molecule has 0 aromatic carbocycles. The normalized spacial score (nSPS) is 10.8. The van der Waals surface area contributed by atoms with Gasteiger partial charge in [-0.25, -0.2) is 0 Å². The molecule has 1 atom stereocenters. The molecule has 0 saturated carbocycles. The number of aldehydes is 2. The SMILES string of the molecule is CC(O)CC=O.CCCC=O. The Balaban J connectivity index is 0. The molecule has 0 saturated heterocycles. The number of hydrogen-bond acceptors (Lipinski definition) is 3. The van der Waals surface area contributed by atoms with Gasteiger partial charge in [0, 0.05) is 12.8 Å². The number of unbranched alkanes of at least 4 members (excludes halogenated alkanes) is 1. The number of carbonyl (C=O) groups excluding carboxylic acids is 2. The Morgan fingerprint density at radius 3 is 1.91 bits per heavy atom. The largest absolute Gasteiger partial charge is 0.393 e. The monoisotopic (exact) mass is 160 g/mol. The molecule has 66 valence electrons. The molecule has 0 heterocycles. The van der Waals surface area contributed by atoms with Crippen molar-refractivity contribution in [2.75, 3.05) is 0 Å². The second kappa shape index (κ2) is 12.0. The lowest BCUT2D eigenvalue weighted by atomic mass is 10.3. The molecule has 0 spiro atoms. The topological polar surface area (TPSA) is 54.4 Å². The number of rotatable bonds is 4. The zero-order valence-corrected chi connectivity index (χ0v) is 7.12. The van der Waals surface area contributed by atoms with Gasteiger partial charge in [0.15, 0.2) is 0 Å². The van der Waals surface area contributed by atoms with E-state index in [9.17, 15) is 9.59 Å². The summed E-state index contributed by atoms with van der Waals surface area (Å²) in [6.45, 7) is 3.56. The van der Waals surface area contributed by atoms with E-state index in [0.29, 0.717) is 12.7 Å². The Morgan fingerprint density at radius 2 is 1.91 bits per heavy atom. The van der Waals surface area contributed by atoms with Crippen molar-refractivity contribution in [3.63, 3.8) is 0 Å². The number of aliphatic hydroxyl groups excluding tert-OH is 1. The van der Waals surface area contributed by atoms with Gasteiger partial charge in [0.05, 0.1) is 6.10 Å². The first-order chi connectivity index (χ1) is 5.18. The third-order valence-electron chi connectivity index (χ3n) is 0.844. The van der Waals surface area contributed by atoms with Crippen LogP contribution < -0.4 is 0 Å². The minimum absolute atomic E-state index is 0.250. The number of carbonyl (C=O) groups is 2. The number of hydrogen-bond donors (Lipinski definition) is 1. The third kappa shape index (κ3) is 26.8. The molecule has 0 aliphatic heterocycles. The van der Waals surface area contributed by atoms with Crippen LogP contribution in [-0.2, 0) is 9.59 Å². The zero-order valence-electron chi connectivity index (χ0n) is 7.12. The summed E-state index contributed by atoms with van der Waals surface area (Å²) in [5.41, 5.74) is 0. The molecule has 0 amide bonds. The summed E-state index contributed by atoms with van der Waals surface area (Å²) in [5.74, 6) is 0. The van der Waals surface area contributed by atoms with Crippen molar-refractivity contribution in [2.24, 2.45) is 0 Å². The van der Waals surface area contributed by atoms with Gasteiger partial charge in [0.2, 0.25) is 0 Å². The summed E-state index contributed by atoms with van der Waals surface area (Å²) >= 11 is 0. The van der Waals surface area contributed by atoms with Crippen molar-refractivity contribution in [1.29, 1.82) is 0 Å². The maximum absolute atomic E-state index is 9.46. The quantitative estimate of drug-likeness (QED) is 0.623. The Kier molecular flexibility index (Phi) is 14.1. The molecule has 3 nitrogen and oxygen atoms in total. The first kappa shape index (κ1) is 12.9. The fourth-order valence-electron chi connectivity index (χ4n) is 0.257. The standard InChI is InChI=1S/C4H8O2.C4H8O/c1-4(6)2-3-5;1-2-3-4-5/h3-4,6H,2H2,1H3;4H,2-3H2,1H3. The molecule has 0 aromatic heterocycles. The van der Waals surface area contributed by atoms with Crippen molar-refractivity contribution in [3.05, 3.63) is 0 Å². The van der Waals surface area contributed by atoms with E-state index in [2.05, 4.69) is 0 Å². The lowest BCUT2D eigenvalue weighted by Gasteiger charge is -1.89. The molecule has 3 heteroatoms. The van der Waals surface area contributed by atoms with Gasteiger partial charge >= 0.3 is 0 Å². The van der Waals surface area contributed by atoms with Gasteiger partial charge in [0.1, 0.15) is 12.6 Å². The highest BCUT2D eigenvalue weighted by Gasteiger charge is 1.87. The molecule has 1 unspecified atom stereocenters. The molecule has 0 radical (unpaired) electrons. The average Bonchev–Trinajstić information content (AvgIpc) is 1.90. The van der Waals surface area contributed by atoms with Gasteiger partial charge in [-0.3, -0.25) is 0 Å². The van der Waals surface area contributed by atoms with Crippen molar-refractivity contribution < 1.29 is 14.7 Å². The molecule has 1 N–H and O–H groups in total. The van der Waals surface area contributed by atoms with Gasteiger partial charge in [-0.1, -0.05) is 6.92 Å². The minimum atomic E-state index is -0.470. The summed E-state index contributed by atoms with van der Waals surface area (Å²) in [5, 5.41) is 8.32. The van der Waals surface area contributed by atoms with Crippen LogP contribution in [0.2, 0.25) is 0 Å². The maximum Gasteiger partial charge on any atom is 0.122 e. The summed E-state index contributed by atoms with van der Waals surface area (Å²) in [6, 6.07) is 0. The van der Waals surface area contributed by atoms with Gasteiger partial charge < -0.3 is 14.7 Å². The molecule has 11 heavy (non-hydrogen) atoms. The van der Waals surface area contributed by atoms with Crippen molar-refractivity contribution in [1.82, 2.24) is 0 Å². The van der Waals surface area contributed by atoms with Gasteiger partial charge in [-0.2, -0.15) is 0 Å². The number of aliphatic hydroxyl groups is 1. The fraction of sp³-hybridized carbons (Fsp3) is 0.750. The molecule has 0 bridgehead atoms. The van der Waals surface area contributed by atoms with E-state index in [1.165, 1.54) is 0 Å². The van der Waals surface area contributed by atoms with E-state index in [1.807, 2.05) is 6.92 Å². The van der Waals surface area contributed by atoms with Crippen LogP contribution in [0.25, 0.3) is 0 Å². The zero-order chi connectivity index (χ0) is 9.11. The molecule has 0 fully saturated rings. The Hall–Kier alpha value is -0.700. The summed E-state index contributed by atoms with van der Waals surface area (Å²) < 4.78 is 0. The van der Waals surface area contributed by atoms with Crippen LogP contribution in [0.5, 0.6) is 0 Å². The van der Waals surface area contributed by atoms with E-state index in [4.69, 9.17) is 5.11 Å². The highest BCUT2D eigenvalue weighted by molar-refractivity contribution is 5.49. The smallest absolute Gasteiger partial charge is 0.122 e. The Morgan fingerprint density at radius 1 is 1.36 bits per heavy atom. The van der Waals surface area contributed by atoms with Crippen LogP contribution >= 0.6 is 0 Å². The van der Waals surface area contributed by atoms with E-state index in [1.54, 1.807) is 6.92 Å². The lowest BCUT2D eigenvalue weighted by Crippen LogP contribution is -1.97. The second-order valence-corrected chi connectivity index (χ2v) is 2.21. The summed E-state index contributed by atoms with van der Waals surface area (Å²) in [7, 11) is 0. The lowest BCUT2D eigenvalue weighted by molar-refractivity contribution is -0.109. The van der Waals surface area contributed by atoms with Crippen LogP contribution in [0, 0.1) is 0 Å². The highest BCUT2D eigenvalue weighted by atomic mass is 16.3. The first-order valence-corrected chi connectivity index (χ1v) is 3.74.